The highest BCUT2D eigenvalue weighted by molar-refractivity contribution is 6.09. The van der Waals surface area contributed by atoms with E-state index in [1.807, 2.05) is 0 Å². The molecule has 0 aliphatic heterocycles. The number of anilines is 3. The summed E-state index contributed by atoms with van der Waals surface area (Å²) in [4.78, 5) is 2.35. The molecule has 0 N–H and O–H groups in total. The second kappa shape index (κ2) is 17.8. The summed E-state index contributed by atoms with van der Waals surface area (Å²) in [6.07, 6.45) is 0. The Balaban J connectivity index is 0.842. The molecule has 68 heavy (non-hydrogen) atoms. The molecular weight excluding hydrogens is 821 g/mol. The van der Waals surface area contributed by atoms with Gasteiger partial charge in [-0.05, 0) is 127 Å². The van der Waals surface area contributed by atoms with Crippen molar-refractivity contribution in [3.8, 4) is 72.4 Å². The van der Waals surface area contributed by atoms with Crippen LogP contribution in [0.5, 0.6) is 0 Å². The number of hydrogen-bond donors (Lipinski definition) is 0. The monoisotopic (exact) mass is 866 g/mol. The van der Waals surface area contributed by atoms with Gasteiger partial charge in [-0.3, -0.25) is 0 Å². The summed E-state index contributed by atoms with van der Waals surface area (Å²) < 4.78 is 2.37. The average molecular weight is 867 g/mol. The van der Waals surface area contributed by atoms with E-state index >= 15 is 0 Å². The molecule has 0 aliphatic carbocycles. The normalized spacial score (nSPS) is 11.2. The van der Waals surface area contributed by atoms with E-state index in [4.69, 9.17) is 0 Å². The van der Waals surface area contributed by atoms with Crippen molar-refractivity contribution in [3.05, 3.63) is 279 Å². The molecule has 0 fully saturated rings. The van der Waals surface area contributed by atoms with Crippen molar-refractivity contribution in [1.82, 2.24) is 4.57 Å². The largest absolute Gasteiger partial charge is 0.311 e. The van der Waals surface area contributed by atoms with Crippen LogP contribution in [0.2, 0.25) is 0 Å². The van der Waals surface area contributed by atoms with Crippen LogP contribution in [0.1, 0.15) is 0 Å². The first-order valence-electron chi connectivity index (χ1n) is 23.3. The van der Waals surface area contributed by atoms with Gasteiger partial charge in [0.2, 0.25) is 0 Å². The number of para-hydroxylation sites is 2. The predicted octanol–water partition coefficient (Wildman–Crippen LogP) is 18.3. The van der Waals surface area contributed by atoms with Crippen LogP contribution in [-0.2, 0) is 0 Å². The third-order valence-electron chi connectivity index (χ3n) is 13.3. The van der Waals surface area contributed by atoms with Crippen molar-refractivity contribution in [2.45, 2.75) is 0 Å². The van der Waals surface area contributed by atoms with Crippen LogP contribution in [-0.4, -0.2) is 4.57 Å². The lowest BCUT2D eigenvalue weighted by Crippen LogP contribution is -2.10. The first-order chi connectivity index (χ1) is 33.7. The summed E-state index contributed by atoms with van der Waals surface area (Å²) in [7, 11) is 0. The first-order valence-corrected chi connectivity index (χ1v) is 23.3. The van der Waals surface area contributed by atoms with E-state index in [9.17, 15) is 0 Å². The fourth-order valence-corrected chi connectivity index (χ4v) is 9.69. The van der Waals surface area contributed by atoms with E-state index in [2.05, 4.69) is 289 Å². The molecule has 1 aromatic heterocycles. The Hall–Kier alpha value is -8.98. The lowest BCUT2D eigenvalue weighted by molar-refractivity contribution is 1.17. The second-order valence-corrected chi connectivity index (χ2v) is 17.4. The van der Waals surface area contributed by atoms with E-state index in [0.29, 0.717) is 0 Å². The van der Waals surface area contributed by atoms with Gasteiger partial charge in [0.05, 0.1) is 11.0 Å². The Morgan fingerprint density at radius 2 is 0.412 bits per heavy atom. The van der Waals surface area contributed by atoms with Crippen molar-refractivity contribution < 1.29 is 0 Å². The van der Waals surface area contributed by atoms with E-state index in [1.165, 1.54) is 88.6 Å². The molecule has 0 radical (unpaired) electrons. The van der Waals surface area contributed by atoms with Crippen LogP contribution in [0.3, 0.4) is 0 Å². The minimum Gasteiger partial charge on any atom is -0.311 e. The van der Waals surface area contributed by atoms with Gasteiger partial charge < -0.3 is 9.47 Å². The average Bonchev–Trinajstić information content (AvgIpc) is 3.77. The molecule has 0 amide bonds. The van der Waals surface area contributed by atoms with Crippen molar-refractivity contribution in [2.24, 2.45) is 0 Å². The molecule has 12 aromatic rings. The Kier molecular flexibility index (Phi) is 10.6. The standard InChI is InChI=1S/C66H46N2/c1-3-11-47(12-4-1)49-19-23-51(24-20-49)53-27-31-55(32-28-53)57-35-39-59(40-36-57)67(61-43-45-62(46-44-61)68-65-17-9-7-15-63(65)64-16-8-10-18-66(64)68)60-41-37-58(38-42-60)56-33-29-54(30-34-56)52-25-21-50(22-26-52)48-13-5-2-6-14-48/h1-46H. The molecular formula is C66H46N2. The van der Waals surface area contributed by atoms with Crippen LogP contribution < -0.4 is 4.90 Å². The summed E-state index contributed by atoms with van der Waals surface area (Å²) in [6, 6.07) is 101. The number of benzene rings is 11. The van der Waals surface area contributed by atoms with Crippen LogP contribution in [0.4, 0.5) is 17.1 Å². The topological polar surface area (TPSA) is 8.17 Å². The van der Waals surface area contributed by atoms with Crippen LogP contribution in [0.25, 0.3) is 94.3 Å². The van der Waals surface area contributed by atoms with Crippen LogP contribution in [0, 0.1) is 0 Å². The van der Waals surface area contributed by atoms with Crippen molar-refractivity contribution >= 4 is 38.9 Å². The molecule has 0 unspecified atom stereocenters. The predicted molar refractivity (Wildman–Crippen MR) is 288 cm³/mol. The molecule has 11 aromatic carbocycles. The minimum absolute atomic E-state index is 1.08. The first kappa shape index (κ1) is 40.5. The maximum Gasteiger partial charge on any atom is 0.0541 e. The van der Waals surface area contributed by atoms with Crippen molar-refractivity contribution in [2.75, 3.05) is 4.90 Å². The van der Waals surface area contributed by atoms with E-state index in [1.54, 1.807) is 0 Å². The highest BCUT2D eigenvalue weighted by Gasteiger charge is 2.16. The Bertz CT molecular complexity index is 3410. The second-order valence-electron chi connectivity index (χ2n) is 17.4. The minimum atomic E-state index is 1.08. The highest BCUT2D eigenvalue weighted by atomic mass is 15.1. The van der Waals surface area contributed by atoms with Gasteiger partial charge >= 0.3 is 0 Å². The molecule has 2 heteroatoms. The SMILES string of the molecule is c1ccc(-c2ccc(-c3ccc(-c4ccc(N(c5ccc(-c6ccc(-c7ccc(-c8ccccc8)cc7)cc6)cc5)c5ccc(-n6c7ccccc7c7ccccc76)cc5)cc4)cc3)cc2)cc1. The zero-order chi connectivity index (χ0) is 45.2. The van der Waals surface area contributed by atoms with Gasteiger partial charge in [0.1, 0.15) is 0 Å². The van der Waals surface area contributed by atoms with E-state index < -0.39 is 0 Å². The van der Waals surface area contributed by atoms with Gasteiger partial charge in [0, 0.05) is 33.5 Å². The smallest absolute Gasteiger partial charge is 0.0541 e. The maximum atomic E-state index is 2.37. The van der Waals surface area contributed by atoms with Gasteiger partial charge in [-0.1, -0.05) is 218 Å². The Labute approximate surface area is 397 Å². The fourth-order valence-electron chi connectivity index (χ4n) is 9.69. The zero-order valence-corrected chi connectivity index (χ0v) is 37.5. The van der Waals surface area contributed by atoms with Gasteiger partial charge in [-0.15, -0.1) is 0 Å². The molecule has 2 nitrogen and oxygen atoms in total. The van der Waals surface area contributed by atoms with Gasteiger partial charge in [-0.2, -0.15) is 0 Å². The maximum absolute atomic E-state index is 2.37. The molecule has 0 saturated carbocycles. The van der Waals surface area contributed by atoms with Gasteiger partial charge in [0.15, 0.2) is 0 Å². The Morgan fingerprint density at radius 3 is 0.706 bits per heavy atom. The zero-order valence-electron chi connectivity index (χ0n) is 37.5. The summed E-state index contributed by atoms with van der Waals surface area (Å²) in [5.74, 6) is 0. The van der Waals surface area contributed by atoms with Crippen molar-refractivity contribution in [1.29, 1.82) is 0 Å². The molecule has 320 valence electrons. The highest BCUT2D eigenvalue weighted by Crippen LogP contribution is 2.39. The van der Waals surface area contributed by atoms with Crippen LogP contribution >= 0.6 is 0 Å². The quantitative estimate of drug-likeness (QED) is 0.133. The molecule has 0 atom stereocenters. The number of rotatable bonds is 10. The lowest BCUT2D eigenvalue weighted by atomic mass is 9.97. The summed E-state index contributed by atoms with van der Waals surface area (Å²) in [5.41, 5.74) is 21.2. The molecule has 0 saturated heterocycles. The molecule has 1 heterocycles. The Morgan fingerprint density at radius 1 is 0.191 bits per heavy atom. The summed E-state index contributed by atoms with van der Waals surface area (Å²) in [6.45, 7) is 0. The summed E-state index contributed by atoms with van der Waals surface area (Å²) >= 11 is 0. The third kappa shape index (κ3) is 7.85. The number of aromatic nitrogens is 1. The molecule has 0 aliphatic rings. The number of fused-ring (bicyclic) bond motifs is 3. The third-order valence-corrected chi connectivity index (χ3v) is 13.3. The van der Waals surface area contributed by atoms with E-state index in [0.717, 1.165) is 22.7 Å². The molecule has 0 spiro atoms. The fraction of sp³-hybridized carbons (Fsp3) is 0. The molecule has 12 rings (SSSR count). The van der Waals surface area contributed by atoms with Gasteiger partial charge in [0.25, 0.3) is 0 Å². The molecule has 0 bridgehead atoms. The number of nitrogens with zero attached hydrogens (tertiary/aromatic N) is 2. The lowest BCUT2D eigenvalue weighted by Gasteiger charge is -2.26. The van der Waals surface area contributed by atoms with Gasteiger partial charge in [-0.25, -0.2) is 0 Å². The van der Waals surface area contributed by atoms with E-state index in [-0.39, 0.29) is 0 Å². The van der Waals surface area contributed by atoms with Crippen molar-refractivity contribution in [3.63, 3.8) is 0 Å². The summed E-state index contributed by atoms with van der Waals surface area (Å²) in [5, 5.41) is 2.52. The number of hydrogen-bond acceptors (Lipinski definition) is 1. The van der Waals surface area contributed by atoms with Crippen LogP contribution in [0.15, 0.2) is 279 Å².